The summed E-state index contributed by atoms with van der Waals surface area (Å²) in [5.74, 6) is -1.51. The number of pyridine rings is 1. The van der Waals surface area contributed by atoms with Crippen molar-refractivity contribution >= 4 is 40.8 Å². The predicted octanol–water partition coefficient (Wildman–Crippen LogP) is 4.39. The number of hydrogen-bond acceptors (Lipinski definition) is 8. The summed E-state index contributed by atoms with van der Waals surface area (Å²) in [7, 11) is 1.69. The maximum Gasteiger partial charge on any atom is 0.413 e. The molecule has 0 bridgehead atoms. The van der Waals surface area contributed by atoms with Crippen LogP contribution in [0.3, 0.4) is 0 Å². The molecule has 14 nitrogen and oxygen atoms in total. The van der Waals surface area contributed by atoms with Crippen molar-refractivity contribution < 1.29 is 33.8 Å². The monoisotopic (exact) mass is 735 g/mol. The molecule has 0 aliphatic carbocycles. The zero-order valence-corrected chi connectivity index (χ0v) is 30.7. The van der Waals surface area contributed by atoms with E-state index in [0.29, 0.717) is 5.56 Å². The largest absolute Gasteiger partial charge is 0.480 e. The Morgan fingerprint density at radius 1 is 0.944 bits per heavy atom. The Hall–Kier alpha value is -6.02. The highest BCUT2D eigenvalue weighted by atomic mass is 16.6. The third kappa shape index (κ3) is 8.28. The molecule has 2 aliphatic heterocycles. The highest BCUT2D eigenvalue weighted by molar-refractivity contribution is 5.92. The van der Waals surface area contributed by atoms with Gasteiger partial charge in [0.2, 0.25) is 11.8 Å². The number of hydrazine groups is 1. The standard InChI is InChI=1S/C40H45N7O7/c1-25(2)20-32(38(50)51)43-40(53)54-31-17-15-27(16-18-31)21-33-37(49)45(23-30-13-8-12-29-14-9-19-41-35(29)30)26(3)36-46(33)34(48)24-44(4)47(36)39(52)42-22-28-10-6-5-7-11-28/h5-19,25-26,32-33,36H,20-24H2,1-4H3,(H,42,52)(H,43,53)(H,50,51)/t26-,32?,33-,36?/m0/s1. The molecule has 5 amide bonds. The fourth-order valence-electron chi connectivity index (χ4n) is 7.19. The van der Waals surface area contributed by atoms with Crippen LogP contribution in [-0.4, -0.2) is 97.7 Å². The number of carboxylic acid groups (broad SMARTS) is 1. The van der Waals surface area contributed by atoms with Gasteiger partial charge < -0.3 is 30.3 Å². The third-order valence-electron chi connectivity index (χ3n) is 9.79. The quantitative estimate of drug-likeness (QED) is 0.203. The summed E-state index contributed by atoms with van der Waals surface area (Å²) in [6.07, 6.45) is 0.324. The Bertz CT molecular complexity index is 2000. The van der Waals surface area contributed by atoms with E-state index in [9.17, 15) is 29.1 Å². The van der Waals surface area contributed by atoms with Gasteiger partial charge in [0.1, 0.15) is 24.0 Å². The Morgan fingerprint density at radius 3 is 2.37 bits per heavy atom. The average molecular weight is 736 g/mol. The maximum absolute atomic E-state index is 14.6. The number of rotatable bonds is 11. The number of amides is 5. The van der Waals surface area contributed by atoms with Gasteiger partial charge in [-0.2, -0.15) is 0 Å². The molecule has 14 heteroatoms. The molecule has 1 aromatic heterocycles. The Kier molecular flexibility index (Phi) is 11.4. The van der Waals surface area contributed by atoms with Crippen molar-refractivity contribution in [3.05, 3.63) is 108 Å². The summed E-state index contributed by atoms with van der Waals surface area (Å²) >= 11 is 0. The van der Waals surface area contributed by atoms with Gasteiger partial charge in [-0.15, -0.1) is 0 Å². The number of urea groups is 1. The number of nitrogens with zero attached hydrogens (tertiary/aromatic N) is 5. The molecular weight excluding hydrogens is 690 g/mol. The number of aromatic nitrogens is 1. The van der Waals surface area contributed by atoms with Crippen molar-refractivity contribution in [3.63, 3.8) is 0 Å². The van der Waals surface area contributed by atoms with Crippen LogP contribution in [-0.2, 0) is 33.9 Å². The molecule has 4 atom stereocenters. The summed E-state index contributed by atoms with van der Waals surface area (Å²) in [5, 5.41) is 18.9. The first-order valence-electron chi connectivity index (χ1n) is 18.0. The number of hydrogen-bond donors (Lipinski definition) is 3. The lowest BCUT2D eigenvalue weighted by molar-refractivity contribution is -0.196. The zero-order valence-electron chi connectivity index (χ0n) is 30.7. The predicted molar refractivity (Wildman–Crippen MR) is 200 cm³/mol. The van der Waals surface area contributed by atoms with Gasteiger partial charge in [-0.05, 0) is 54.2 Å². The molecule has 3 aromatic carbocycles. The van der Waals surface area contributed by atoms with Crippen LogP contribution in [0.5, 0.6) is 5.75 Å². The molecule has 54 heavy (non-hydrogen) atoms. The average Bonchev–Trinajstić information content (AvgIpc) is 3.14. The number of carbonyl (C=O) groups excluding carboxylic acids is 4. The molecule has 2 saturated heterocycles. The number of ether oxygens (including phenoxy) is 1. The van der Waals surface area contributed by atoms with E-state index in [0.717, 1.165) is 22.0 Å². The zero-order chi connectivity index (χ0) is 38.5. The molecule has 2 fully saturated rings. The van der Waals surface area contributed by atoms with Crippen molar-refractivity contribution in [2.75, 3.05) is 13.6 Å². The van der Waals surface area contributed by atoms with Crippen LogP contribution in [0.15, 0.2) is 91.1 Å². The second-order valence-electron chi connectivity index (χ2n) is 14.1. The van der Waals surface area contributed by atoms with Gasteiger partial charge in [0.05, 0.1) is 18.1 Å². The molecule has 3 N–H and O–H groups in total. The summed E-state index contributed by atoms with van der Waals surface area (Å²) in [6, 6.07) is 22.5. The van der Waals surface area contributed by atoms with E-state index < -0.39 is 42.4 Å². The topological polar surface area (TPSA) is 165 Å². The van der Waals surface area contributed by atoms with Crippen LogP contribution in [0.4, 0.5) is 9.59 Å². The van der Waals surface area contributed by atoms with Crippen molar-refractivity contribution in [2.45, 2.75) is 71.0 Å². The van der Waals surface area contributed by atoms with Gasteiger partial charge >= 0.3 is 18.1 Å². The highest BCUT2D eigenvalue weighted by Crippen LogP contribution is 2.33. The molecule has 0 saturated carbocycles. The number of nitrogens with one attached hydrogen (secondary N) is 2. The number of fused-ring (bicyclic) bond motifs is 2. The molecule has 0 spiro atoms. The lowest BCUT2D eigenvalue weighted by Gasteiger charge is -2.57. The minimum absolute atomic E-state index is 0.0401. The molecule has 2 unspecified atom stereocenters. The number of para-hydroxylation sites is 1. The fourth-order valence-corrected chi connectivity index (χ4v) is 7.19. The van der Waals surface area contributed by atoms with Gasteiger partial charge in [-0.1, -0.05) is 80.6 Å². The van der Waals surface area contributed by atoms with Gasteiger partial charge in [0, 0.05) is 38.1 Å². The van der Waals surface area contributed by atoms with Crippen LogP contribution >= 0.6 is 0 Å². The van der Waals surface area contributed by atoms with E-state index in [1.165, 1.54) is 9.91 Å². The second kappa shape index (κ2) is 16.3. The van der Waals surface area contributed by atoms with E-state index >= 15 is 0 Å². The fraction of sp³-hybridized carbons (Fsp3) is 0.350. The van der Waals surface area contributed by atoms with Gasteiger partial charge in [-0.25, -0.2) is 24.4 Å². The minimum atomic E-state index is -1.16. The minimum Gasteiger partial charge on any atom is -0.480 e. The van der Waals surface area contributed by atoms with Crippen molar-refractivity contribution in [1.82, 2.24) is 35.4 Å². The maximum atomic E-state index is 14.6. The van der Waals surface area contributed by atoms with Crippen LogP contribution < -0.4 is 15.4 Å². The molecule has 282 valence electrons. The first kappa shape index (κ1) is 37.7. The number of carboxylic acids is 1. The van der Waals surface area contributed by atoms with Gasteiger partial charge in [0.25, 0.3) is 0 Å². The number of benzene rings is 3. The van der Waals surface area contributed by atoms with Crippen molar-refractivity contribution in [3.8, 4) is 5.75 Å². The smallest absolute Gasteiger partial charge is 0.413 e. The van der Waals surface area contributed by atoms with Gasteiger partial charge in [-0.3, -0.25) is 14.6 Å². The van der Waals surface area contributed by atoms with Crippen LogP contribution in [0.25, 0.3) is 10.9 Å². The number of aliphatic carboxylic acids is 1. The summed E-state index contributed by atoms with van der Waals surface area (Å²) < 4.78 is 5.37. The van der Waals surface area contributed by atoms with E-state index in [1.54, 1.807) is 47.4 Å². The molecule has 0 radical (unpaired) electrons. The number of carbonyl (C=O) groups is 5. The molecule has 4 aromatic rings. The Balaban J connectivity index is 1.28. The molecule has 2 aliphatic rings. The number of piperazine rings is 1. The van der Waals surface area contributed by atoms with E-state index in [4.69, 9.17) is 4.74 Å². The molecular formula is C40H45N7O7. The van der Waals surface area contributed by atoms with Crippen molar-refractivity contribution in [2.24, 2.45) is 5.92 Å². The first-order valence-corrected chi connectivity index (χ1v) is 18.0. The van der Waals surface area contributed by atoms with Crippen molar-refractivity contribution in [1.29, 1.82) is 0 Å². The second-order valence-corrected chi connectivity index (χ2v) is 14.1. The summed E-state index contributed by atoms with van der Waals surface area (Å²) in [4.78, 5) is 74.6. The molecule has 6 rings (SSSR count). The first-order chi connectivity index (χ1) is 25.9. The summed E-state index contributed by atoms with van der Waals surface area (Å²) in [5.41, 5.74) is 3.17. The summed E-state index contributed by atoms with van der Waals surface area (Å²) in [6.45, 7) is 5.92. The van der Waals surface area contributed by atoms with E-state index in [2.05, 4.69) is 15.6 Å². The highest BCUT2D eigenvalue weighted by Gasteiger charge is 2.54. The third-order valence-corrected chi connectivity index (χ3v) is 9.79. The lowest BCUT2D eigenvalue weighted by Crippen LogP contribution is -2.78. The lowest BCUT2D eigenvalue weighted by atomic mass is 9.94. The SMILES string of the molecule is CC(C)CC(NC(=O)Oc1ccc(C[C@H]2C(=O)N(Cc3cccc4cccnc34)[C@@H](C)C3N2C(=O)CN(C)N3C(=O)NCc2ccccc2)cc1)C(=O)O. The van der Waals surface area contributed by atoms with Crippen LogP contribution in [0, 0.1) is 5.92 Å². The normalized spacial score (nSPS) is 19.4. The number of likely N-dealkylation sites (N-methyl/N-ethyl adjacent to an activating group) is 1. The molecule has 3 heterocycles. The van der Waals surface area contributed by atoms with E-state index in [-0.39, 0.29) is 56.0 Å². The van der Waals surface area contributed by atoms with Crippen LogP contribution in [0.1, 0.15) is 43.9 Å². The Labute approximate surface area is 313 Å². The van der Waals surface area contributed by atoms with Crippen LogP contribution in [0.2, 0.25) is 0 Å². The Morgan fingerprint density at radius 2 is 1.67 bits per heavy atom. The van der Waals surface area contributed by atoms with Gasteiger partial charge in [0.15, 0.2) is 0 Å². The van der Waals surface area contributed by atoms with E-state index in [1.807, 2.05) is 81.4 Å².